The molecule has 12 aromatic rings. The van der Waals surface area contributed by atoms with Gasteiger partial charge >= 0.3 is 6.18 Å². The van der Waals surface area contributed by atoms with Crippen molar-refractivity contribution in [2.45, 2.75) is 6.18 Å². The Bertz CT molecular complexity index is 3810. The summed E-state index contributed by atoms with van der Waals surface area (Å²) in [7, 11) is 4.04. The molecule has 0 bridgehead atoms. The van der Waals surface area contributed by atoms with Crippen LogP contribution in [0.3, 0.4) is 0 Å². The fourth-order valence-electron chi connectivity index (χ4n) is 10.3. The Morgan fingerprint density at radius 1 is 0.500 bits per heavy atom. The standard InChI is InChI=1S/C53H31F3N6/c1-58-41-18-12-17-40(53(54,55)56)48(41)30-27-46(61-44-21-10-6-15-33(44)37-25-23-35-31-13-4-8-19-42(31)59(2)49(35)51(37)61)39(29-57)47(28-30)62-45-22-11-7-16-34(45)38-26-24-36-32-14-5-9-20-43(32)60(3)50(36)52(38)62/h4-28H,2-3H3. The van der Waals surface area contributed by atoms with E-state index < -0.39 is 11.7 Å². The van der Waals surface area contributed by atoms with Crippen molar-refractivity contribution >= 4 is 92.9 Å². The largest absolute Gasteiger partial charge is 0.415 e. The first-order valence-electron chi connectivity index (χ1n) is 20.1. The maximum atomic E-state index is 15.2. The number of nitriles is 1. The zero-order valence-corrected chi connectivity index (χ0v) is 33.3. The molecular weight excluding hydrogens is 778 g/mol. The van der Waals surface area contributed by atoms with E-state index >= 15 is 13.2 Å². The molecule has 12 rings (SSSR count). The number of rotatable bonds is 3. The van der Waals surface area contributed by atoms with E-state index in [9.17, 15) is 5.26 Å². The second-order valence-corrected chi connectivity index (χ2v) is 15.9. The molecule has 0 N–H and O–H groups in total. The van der Waals surface area contributed by atoms with E-state index in [1.54, 1.807) is 12.1 Å². The molecule has 6 nitrogen and oxygen atoms in total. The van der Waals surface area contributed by atoms with Crippen molar-refractivity contribution in [1.29, 1.82) is 5.26 Å². The highest BCUT2D eigenvalue weighted by atomic mass is 19.4. The first kappa shape index (κ1) is 35.7. The molecule has 0 unspecified atom stereocenters. The smallest absolute Gasteiger partial charge is 0.342 e. The number of halogens is 3. The van der Waals surface area contributed by atoms with Crippen molar-refractivity contribution in [1.82, 2.24) is 18.3 Å². The van der Waals surface area contributed by atoms with E-state index in [-0.39, 0.29) is 22.4 Å². The molecule has 8 aromatic carbocycles. The van der Waals surface area contributed by atoms with Gasteiger partial charge in [0.1, 0.15) is 11.6 Å². The van der Waals surface area contributed by atoms with Gasteiger partial charge in [-0.05, 0) is 47.5 Å². The minimum absolute atomic E-state index is 0.141. The van der Waals surface area contributed by atoms with Gasteiger partial charge in [-0.3, -0.25) is 0 Å². The molecule has 4 heterocycles. The fourth-order valence-corrected chi connectivity index (χ4v) is 10.3. The summed E-state index contributed by atoms with van der Waals surface area (Å²) in [6, 6.07) is 50.3. The van der Waals surface area contributed by atoms with Gasteiger partial charge in [0.2, 0.25) is 0 Å². The van der Waals surface area contributed by atoms with Crippen molar-refractivity contribution in [3.63, 3.8) is 0 Å². The summed E-state index contributed by atoms with van der Waals surface area (Å²) < 4.78 is 54.1. The molecule has 0 aliphatic heterocycles. The number of benzene rings is 8. The molecular formula is C53H31F3N6. The fraction of sp³-hybridized carbons (Fsp3) is 0.0566. The average molecular weight is 809 g/mol. The Morgan fingerprint density at radius 3 is 1.32 bits per heavy atom. The topological polar surface area (TPSA) is 47.9 Å². The number of nitrogens with zero attached hydrogens (tertiary/aromatic N) is 6. The van der Waals surface area contributed by atoms with Crippen LogP contribution in [0.2, 0.25) is 0 Å². The zero-order chi connectivity index (χ0) is 42.2. The number of aromatic nitrogens is 4. The van der Waals surface area contributed by atoms with Crippen molar-refractivity contribution < 1.29 is 13.2 Å². The summed E-state index contributed by atoms with van der Waals surface area (Å²) in [6.07, 6.45) is -4.78. The molecule has 4 aromatic heterocycles. The third-order valence-electron chi connectivity index (χ3n) is 12.8. The highest BCUT2D eigenvalue weighted by Gasteiger charge is 2.36. The van der Waals surface area contributed by atoms with Gasteiger partial charge in [0.25, 0.3) is 0 Å². The molecule has 62 heavy (non-hydrogen) atoms. The maximum Gasteiger partial charge on any atom is 0.415 e. The van der Waals surface area contributed by atoms with Gasteiger partial charge in [-0.15, -0.1) is 0 Å². The monoisotopic (exact) mass is 808 g/mol. The van der Waals surface area contributed by atoms with E-state index in [1.807, 2.05) is 96.0 Å². The minimum atomic E-state index is -4.78. The highest BCUT2D eigenvalue weighted by molar-refractivity contribution is 6.25. The van der Waals surface area contributed by atoms with Crippen LogP contribution in [0.15, 0.2) is 152 Å². The normalized spacial score (nSPS) is 12.2. The SMILES string of the molecule is [C-]#[N+]c1cccc(C(F)(F)F)c1-c1cc(-n2c3ccccc3c3ccc4c5ccccc5n(C)c4c32)c(C#N)c(-n2c3ccccc3c3ccc4c5ccccc5n(C)c4c32)c1. The molecule has 0 radical (unpaired) electrons. The molecule has 0 saturated carbocycles. The summed E-state index contributed by atoms with van der Waals surface area (Å²) in [6.45, 7) is 8.15. The highest BCUT2D eigenvalue weighted by Crippen LogP contribution is 2.48. The molecule has 0 saturated heterocycles. The maximum absolute atomic E-state index is 15.2. The second-order valence-electron chi connectivity index (χ2n) is 15.9. The van der Waals surface area contributed by atoms with Crippen LogP contribution in [-0.2, 0) is 20.3 Å². The third-order valence-corrected chi connectivity index (χ3v) is 12.8. The molecule has 0 atom stereocenters. The van der Waals surface area contributed by atoms with E-state index in [0.717, 1.165) is 93.3 Å². The summed E-state index contributed by atoms with van der Waals surface area (Å²) in [4.78, 5) is 3.67. The number of aryl methyl sites for hydroxylation is 2. The lowest BCUT2D eigenvalue weighted by Gasteiger charge is -2.21. The van der Waals surface area contributed by atoms with Crippen LogP contribution in [0.5, 0.6) is 0 Å². The van der Waals surface area contributed by atoms with Crippen molar-refractivity contribution in [2.24, 2.45) is 14.1 Å². The van der Waals surface area contributed by atoms with Crippen LogP contribution in [0.1, 0.15) is 11.1 Å². The van der Waals surface area contributed by atoms with E-state index in [4.69, 9.17) is 6.57 Å². The summed E-state index contributed by atoms with van der Waals surface area (Å²) >= 11 is 0. The van der Waals surface area contributed by atoms with Crippen molar-refractivity contribution in [3.8, 4) is 28.6 Å². The lowest BCUT2D eigenvalue weighted by molar-refractivity contribution is -0.137. The Morgan fingerprint density at radius 2 is 0.903 bits per heavy atom. The van der Waals surface area contributed by atoms with E-state index in [2.05, 4.69) is 68.6 Å². The van der Waals surface area contributed by atoms with Crippen LogP contribution in [0, 0.1) is 17.9 Å². The van der Waals surface area contributed by atoms with Crippen LogP contribution >= 0.6 is 0 Å². The predicted octanol–water partition coefficient (Wildman–Crippen LogP) is 14.3. The van der Waals surface area contributed by atoms with Crippen molar-refractivity contribution in [3.05, 3.63) is 174 Å². The number of hydrogen-bond acceptors (Lipinski definition) is 1. The number of para-hydroxylation sites is 4. The average Bonchev–Trinajstić information content (AvgIpc) is 4.00. The predicted molar refractivity (Wildman–Crippen MR) is 245 cm³/mol. The lowest BCUT2D eigenvalue weighted by Crippen LogP contribution is -2.09. The van der Waals surface area contributed by atoms with E-state index in [1.165, 1.54) is 12.1 Å². The van der Waals surface area contributed by atoms with Crippen LogP contribution in [-0.4, -0.2) is 18.3 Å². The second kappa shape index (κ2) is 12.6. The lowest BCUT2D eigenvalue weighted by atomic mass is 9.94. The number of alkyl halides is 3. The Labute approximate surface area is 351 Å². The van der Waals surface area contributed by atoms with Gasteiger partial charge in [-0.2, -0.15) is 18.4 Å². The minimum Gasteiger partial charge on any atom is -0.342 e. The van der Waals surface area contributed by atoms with Gasteiger partial charge in [0.05, 0.1) is 56.6 Å². The molecule has 0 amide bonds. The Kier molecular flexibility index (Phi) is 7.26. The molecule has 0 spiro atoms. The molecule has 0 aliphatic rings. The van der Waals surface area contributed by atoms with Crippen LogP contribution in [0.25, 0.3) is 115 Å². The number of fused-ring (bicyclic) bond motifs is 14. The van der Waals surface area contributed by atoms with Crippen molar-refractivity contribution in [2.75, 3.05) is 0 Å². The summed E-state index contributed by atoms with van der Waals surface area (Å²) in [5, 5.41) is 19.5. The van der Waals surface area contributed by atoms with Gasteiger partial charge in [0.15, 0.2) is 5.69 Å². The van der Waals surface area contributed by atoms with E-state index in [0.29, 0.717) is 11.4 Å². The van der Waals surface area contributed by atoms with Crippen LogP contribution < -0.4 is 0 Å². The Hall–Kier alpha value is -8.27. The molecule has 0 aliphatic carbocycles. The number of hydrogen-bond donors (Lipinski definition) is 0. The van der Waals surface area contributed by atoms with Gasteiger partial charge < -0.3 is 18.3 Å². The summed E-state index contributed by atoms with van der Waals surface area (Å²) in [5.41, 5.74) is 6.99. The summed E-state index contributed by atoms with van der Waals surface area (Å²) in [5.74, 6) is 0. The molecule has 0 fully saturated rings. The van der Waals surface area contributed by atoms with Gasteiger partial charge in [0, 0.05) is 68.2 Å². The Balaban J connectivity index is 1.34. The van der Waals surface area contributed by atoms with Crippen LogP contribution in [0.4, 0.5) is 18.9 Å². The molecule has 9 heteroatoms. The zero-order valence-electron chi connectivity index (χ0n) is 33.3. The first-order chi connectivity index (χ1) is 30.2. The van der Waals surface area contributed by atoms with Gasteiger partial charge in [-0.1, -0.05) is 115 Å². The van der Waals surface area contributed by atoms with Gasteiger partial charge in [-0.25, -0.2) is 4.85 Å². The first-order valence-corrected chi connectivity index (χ1v) is 20.1. The third kappa shape index (κ3) is 4.62. The molecule has 294 valence electrons. The quantitative estimate of drug-likeness (QED) is 0.164.